The van der Waals surface area contributed by atoms with Crippen LogP contribution in [0, 0.1) is 0 Å². The van der Waals surface area contributed by atoms with Crippen molar-refractivity contribution < 1.29 is 103 Å². The molecule has 3 aliphatic heterocycles. The molecule has 6 bridgehead atoms. The first kappa shape index (κ1) is 82.6. The van der Waals surface area contributed by atoms with Gasteiger partial charge in [-0.25, -0.2) is 0 Å². The van der Waals surface area contributed by atoms with E-state index in [0.717, 1.165) is 0 Å². The van der Waals surface area contributed by atoms with Gasteiger partial charge in [-0.3, -0.25) is 117 Å². The minimum atomic E-state index is -1.23. The molecule has 3 aromatic heterocycles. The SMILES string of the molecule is O=C(O)CN1CCN(C(CCCCC(=O)c2cc(C(=O)CCCCC(C(=O)O)N3CCN(CC(=O)O)Cc4cccc(n4)CN(CC(=O)O)CC3)cc(C(=O)NCCCC(C(=O)O)N3CCN(CC(=O)O)Cc4cccc(n4)CN(CC(=O)O)CC3)c2)C(=O)O)CCN(CC(=O)O)Cc2cccc(n2)C1. The second-order valence-corrected chi connectivity index (χ2v) is 26.7. The number of amides is 1. The van der Waals surface area contributed by atoms with Gasteiger partial charge in [0.05, 0.1) is 73.4 Å². The van der Waals surface area contributed by atoms with Crippen molar-refractivity contribution in [3.63, 3.8) is 0 Å². The molecule has 6 heterocycles. The number of carbonyl (C=O) groups is 12. The third-order valence-corrected chi connectivity index (χ3v) is 18.5. The van der Waals surface area contributed by atoms with E-state index < -0.39 is 89.3 Å². The normalized spacial score (nSPS) is 17.4. The third kappa shape index (κ3) is 28.7. The molecule has 0 radical (unpaired) electrons. The number of unbranched alkanes of at least 4 members (excludes halogenated alkanes) is 2. The van der Waals surface area contributed by atoms with Gasteiger partial charge in [-0.05, 0) is 93.1 Å². The predicted molar refractivity (Wildman–Crippen MR) is 373 cm³/mol. The Morgan fingerprint density at radius 3 is 0.800 bits per heavy atom. The highest BCUT2D eigenvalue weighted by Gasteiger charge is 2.32. The number of carboxylic acid groups (broad SMARTS) is 9. The number of carbonyl (C=O) groups excluding carboxylic acids is 3. The smallest absolute Gasteiger partial charge is 0.320 e. The highest BCUT2D eigenvalue weighted by molar-refractivity contribution is 6.05. The summed E-state index contributed by atoms with van der Waals surface area (Å²) in [6, 6.07) is 15.9. The summed E-state index contributed by atoms with van der Waals surface area (Å²) in [5, 5.41) is 93.7. The summed E-state index contributed by atoms with van der Waals surface area (Å²) in [6.45, 7) is -0.676. The number of nitrogens with one attached hydrogen (secondary N) is 1. The fourth-order valence-corrected chi connectivity index (χ4v) is 13.4. The number of aromatic nitrogens is 3. The van der Waals surface area contributed by atoms with E-state index in [1.165, 1.54) is 18.2 Å². The van der Waals surface area contributed by atoms with E-state index in [-0.39, 0.29) is 245 Å². The van der Waals surface area contributed by atoms with Gasteiger partial charge in [0.25, 0.3) is 5.91 Å². The van der Waals surface area contributed by atoms with Gasteiger partial charge in [0.2, 0.25) is 0 Å². The van der Waals surface area contributed by atoms with Crippen molar-refractivity contribution in [2.75, 3.05) is 124 Å². The Labute approximate surface area is 606 Å². The molecule has 0 aliphatic carbocycles. The first-order chi connectivity index (χ1) is 50.1. The molecule has 3 atom stereocenters. The summed E-state index contributed by atoms with van der Waals surface area (Å²) in [7, 11) is 0. The Balaban J connectivity index is 1.08. The van der Waals surface area contributed by atoms with Crippen LogP contribution < -0.4 is 5.32 Å². The Kier molecular flexibility index (Phi) is 32.8. The van der Waals surface area contributed by atoms with Gasteiger partial charge in [-0.1, -0.05) is 31.0 Å². The standard InChI is InChI=1S/C71H95N13O21/c85-60(18-3-1-15-57(69(100)101)82-27-21-76(42-62(87)88)36-51-9-5-10-52(73-51)37-77(22-28-82)43-63(89)90)48-33-49(61(86)19-4-2-16-58(70(102)103)83-29-23-78(44-64(91)92)38-53-11-6-12-54(74-53)39-79(24-30-83)45-65(93)94)35-50(34-48)68(99)72-20-8-17-59(71(104)105)84-31-25-80(46-66(95)96)40-55-13-7-14-56(75-55)41-81(26-32-84)47-67(97)98/h5-7,9-14,33-35,57-59H,1-4,8,15-32,36-47H2,(H,72,99)(H,87,88)(H,89,90)(H,91,92)(H,93,94)(H,95,96)(H,97,98)(H,100,101)(H,102,103)(H,104,105). The molecule has 0 fully saturated rings. The Bertz CT molecular complexity index is 3180. The van der Waals surface area contributed by atoms with Crippen molar-refractivity contribution >= 4 is 71.2 Å². The number of hydrogen-bond acceptors (Lipinski definition) is 24. The zero-order valence-corrected chi connectivity index (χ0v) is 58.7. The number of pyridine rings is 3. The fraction of sp³-hybridized carbons (Fsp3) is 0.535. The van der Waals surface area contributed by atoms with Crippen LogP contribution in [0.15, 0.2) is 72.8 Å². The van der Waals surface area contributed by atoms with Crippen LogP contribution in [-0.4, -0.2) is 319 Å². The number of hydrogen-bond donors (Lipinski definition) is 10. The molecule has 570 valence electrons. The van der Waals surface area contributed by atoms with E-state index in [2.05, 4.69) is 20.3 Å². The van der Waals surface area contributed by atoms with Crippen LogP contribution in [0.3, 0.4) is 0 Å². The molecule has 34 heteroatoms. The number of aliphatic carboxylic acids is 9. The number of Topliss-reactive ketones (excluding diaryl/α,β-unsaturated/α-hetero) is 2. The van der Waals surface area contributed by atoms with E-state index in [0.29, 0.717) is 34.2 Å². The minimum Gasteiger partial charge on any atom is -0.480 e. The van der Waals surface area contributed by atoms with E-state index in [9.17, 15) is 103 Å². The lowest BCUT2D eigenvalue weighted by Crippen LogP contribution is -2.49. The molecule has 1 amide bonds. The highest BCUT2D eigenvalue weighted by Crippen LogP contribution is 2.23. The van der Waals surface area contributed by atoms with Crippen LogP contribution >= 0.6 is 0 Å². The largest absolute Gasteiger partial charge is 0.480 e. The number of carboxylic acids is 9. The first-order valence-electron chi connectivity index (χ1n) is 35.0. The van der Waals surface area contributed by atoms with Gasteiger partial charge in [-0.2, -0.15) is 0 Å². The fourth-order valence-electron chi connectivity index (χ4n) is 13.4. The van der Waals surface area contributed by atoms with E-state index in [1.54, 1.807) is 98.7 Å². The number of rotatable bonds is 35. The molecule has 34 nitrogen and oxygen atoms in total. The number of benzene rings is 1. The topological polar surface area (TPSA) is 467 Å². The van der Waals surface area contributed by atoms with Crippen LogP contribution in [0.4, 0.5) is 0 Å². The molecule has 3 aliphatic rings. The lowest BCUT2D eigenvalue weighted by molar-refractivity contribution is -0.145. The van der Waals surface area contributed by atoms with Crippen molar-refractivity contribution in [3.05, 3.63) is 124 Å². The van der Waals surface area contributed by atoms with E-state index in [1.807, 2.05) is 0 Å². The van der Waals surface area contributed by atoms with E-state index >= 15 is 0 Å². The Morgan fingerprint density at radius 2 is 0.562 bits per heavy atom. The van der Waals surface area contributed by atoms with E-state index in [4.69, 9.17) is 0 Å². The first-order valence-corrected chi connectivity index (χ1v) is 35.0. The van der Waals surface area contributed by atoms with Crippen LogP contribution in [0.1, 0.15) is 129 Å². The van der Waals surface area contributed by atoms with Gasteiger partial charge in [-0.15, -0.1) is 0 Å². The second kappa shape index (κ2) is 41.7. The van der Waals surface area contributed by atoms with Crippen LogP contribution in [0.2, 0.25) is 0 Å². The average Bonchev–Trinajstić information content (AvgIpc) is 0.828. The number of nitrogens with zero attached hydrogens (tertiary/aromatic N) is 12. The maximum Gasteiger partial charge on any atom is 0.320 e. The molecule has 3 unspecified atom stereocenters. The number of fused-ring (bicyclic) bond motifs is 6. The lowest BCUT2D eigenvalue weighted by atomic mass is 9.95. The second-order valence-electron chi connectivity index (χ2n) is 26.7. The van der Waals surface area contributed by atoms with Gasteiger partial charge in [0.15, 0.2) is 11.6 Å². The highest BCUT2D eigenvalue weighted by atomic mass is 16.4. The maximum atomic E-state index is 14.4. The number of ketones is 2. The summed E-state index contributed by atoms with van der Waals surface area (Å²) in [6.07, 6.45) is 0.233. The zero-order chi connectivity index (χ0) is 76.1. The van der Waals surface area contributed by atoms with Crippen LogP contribution in [0.5, 0.6) is 0 Å². The quantitative estimate of drug-likeness (QED) is 0.0231. The van der Waals surface area contributed by atoms with Crippen molar-refractivity contribution in [3.8, 4) is 0 Å². The minimum absolute atomic E-state index is 0.00568. The van der Waals surface area contributed by atoms with Crippen molar-refractivity contribution in [2.24, 2.45) is 0 Å². The predicted octanol–water partition coefficient (Wildman–Crippen LogP) is 1.59. The molecule has 4 aromatic rings. The summed E-state index contributed by atoms with van der Waals surface area (Å²) < 4.78 is 0. The Morgan fingerprint density at radius 1 is 0.324 bits per heavy atom. The van der Waals surface area contributed by atoms with Gasteiger partial charge < -0.3 is 51.3 Å². The molecule has 10 N–H and O–H groups in total. The molecule has 0 saturated heterocycles. The van der Waals surface area contributed by atoms with Crippen molar-refractivity contribution in [1.29, 1.82) is 0 Å². The Hall–Kier alpha value is -9.65. The summed E-state index contributed by atoms with van der Waals surface area (Å²) in [5.74, 6) is -12.1. The lowest BCUT2D eigenvalue weighted by Gasteiger charge is -2.33. The van der Waals surface area contributed by atoms with Crippen molar-refractivity contribution in [2.45, 2.75) is 122 Å². The van der Waals surface area contributed by atoms with Crippen LogP contribution in [-0.2, 0) is 82.4 Å². The summed E-state index contributed by atoms with van der Waals surface area (Å²) in [5.41, 5.74) is 3.01. The monoisotopic (exact) mass is 1470 g/mol. The molecular weight excluding hydrogens is 1370 g/mol. The molecule has 1 aromatic carbocycles. The van der Waals surface area contributed by atoms with Crippen molar-refractivity contribution in [1.82, 2.24) is 64.4 Å². The van der Waals surface area contributed by atoms with Gasteiger partial charge in [0, 0.05) is 154 Å². The third-order valence-electron chi connectivity index (χ3n) is 18.5. The molecule has 0 spiro atoms. The summed E-state index contributed by atoms with van der Waals surface area (Å²) in [4.78, 5) is 183. The molecule has 7 rings (SSSR count). The molecule has 105 heavy (non-hydrogen) atoms. The van der Waals surface area contributed by atoms with Gasteiger partial charge >= 0.3 is 53.7 Å². The average molecular weight is 1470 g/mol. The molecular formula is C71H95N13O21. The zero-order valence-electron chi connectivity index (χ0n) is 58.7. The van der Waals surface area contributed by atoms with Crippen LogP contribution in [0.25, 0.3) is 0 Å². The molecule has 0 saturated carbocycles. The maximum absolute atomic E-state index is 14.4. The summed E-state index contributed by atoms with van der Waals surface area (Å²) >= 11 is 0. The van der Waals surface area contributed by atoms with Gasteiger partial charge in [0.1, 0.15) is 18.1 Å².